The third-order valence-electron chi connectivity index (χ3n) is 5.79. The zero-order chi connectivity index (χ0) is 17.8. The van der Waals surface area contributed by atoms with Crippen LogP contribution < -0.4 is 0 Å². The fourth-order valence-corrected chi connectivity index (χ4v) is 4.32. The second-order valence-corrected chi connectivity index (χ2v) is 7.77. The van der Waals surface area contributed by atoms with Crippen molar-refractivity contribution >= 4 is 0 Å². The van der Waals surface area contributed by atoms with Crippen molar-refractivity contribution in [2.75, 3.05) is 26.2 Å². The first-order valence-corrected chi connectivity index (χ1v) is 10.0. The van der Waals surface area contributed by atoms with Crippen LogP contribution in [0.25, 0.3) is 0 Å². The van der Waals surface area contributed by atoms with Crippen molar-refractivity contribution < 1.29 is 0 Å². The molecular weight excluding hydrogens is 324 g/mol. The van der Waals surface area contributed by atoms with Crippen LogP contribution in [0.5, 0.6) is 0 Å². The lowest BCUT2D eigenvalue weighted by Crippen LogP contribution is -2.35. The van der Waals surface area contributed by atoms with E-state index >= 15 is 0 Å². The Labute approximate surface area is 156 Å². The molecule has 2 saturated heterocycles. The number of hydrogen-bond acceptors (Lipinski definition) is 5. The van der Waals surface area contributed by atoms with E-state index in [1.807, 2.05) is 12.3 Å². The van der Waals surface area contributed by atoms with Crippen LogP contribution in [-0.2, 0) is 20.1 Å². The molecule has 0 radical (unpaired) electrons. The summed E-state index contributed by atoms with van der Waals surface area (Å²) in [5, 5.41) is 9.12. The van der Waals surface area contributed by atoms with Crippen molar-refractivity contribution in [2.45, 2.75) is 51.1 Å². The van der Waals surface area contributed by atoms with E-state index in [-0.39, 0.29) is 0 Å². The molecule has 0 aromatic carbocycles. The maximum Gasteiger partial charge on any atom is 0.146 e. The first kappa shape index (κ1) is 17.6. The lowest BCUT2D eigenvalue weighted by atomic mass is 9.97. The predicted octanol–water partition coefficient (Wildman–Crippen LogP) is 2.58. The predicted molar refractivity (Wildman–Crippen MR) is 102 cm³/mol. The minimum Gasteiger partial charge on any atom is -0.317 e. The minimum absolute atomic E-state index is 0.472. The highest BCUT2D eigenvalue weighted by atomic mass is 15.3. The average Bonchev–Trinajstić information content (AvgIpc) is 3.04. The molecule has 0 amide bonds. The number of aromatic nitrogens is 4. The zero-order valence-electron chi connectivity index (χ0n) is 15.8. The van der Waals surface area contributed by atoms with Gasteiger partial charge in [-0.2, -0.15) is 0 Å². The summed E-state index contributed by atoms with van der Waals surface area (Å²) in [5.74, 6) is 2.74. The summed E-state index contributed by atoms with van der Waals surface area (Å²) < 4.78 is 2.25. The van der Waals surface area contributed by atoms with Gasteiger partial charge in [-0.15, -0.1) is 10.2 Å². The molecule has 2 aromatic heterocycles. The Kier molecular flexibility index (Phi) is 5.60. The molecule has 2 aliphatic rings. The molecule has 4 heterocycles. The highest BCUT2D eigenvalue weighted by Crippen LogP contribution is 2.27. The van der Waals surface area contributed by atoms with Crippen LogP contribution in [0, 0.1) is 0 Å². The van der Waals surface area contributed by atoms with Crippen molar-refractivity contribution in [1.82, 2.24) is 29.5 Å². The molecule has 6 nitrogen and oxygen atoms in total. The SMILES string of the molecule is Cn1c(CN2CCCCC2)nnc1[C@H]1CCCN(Cc2ccccn2)C1. The van der Waals surface area contributed by atoms with E-state index in [4.69, 9.17) is 0 Å². The van der Waals surface area contributed by atoms with Crippen molar-refractivity contribution in [3.8, 4) is 0 Å². The van der Waals surface area contributed by atoms with Gasteiger partial charge in [-0.25, -0.2) is 0 Å². The van der Waals surface area contributed by atoms with E-state index in [0.29, 0.717) is 5.92 Å². The molecule has 4 rings (SSSR count). The molecule has 2 aliphatic heterocycles. The maximum atomic E-state index is 4.59. The zero-order valence-corrected chi connectivity index (χ0v) is 15.8. The highest BCUT2D eigenvalue weighted by molar-refractivity contribution is 5.07. The van der Waals surface area contributed by atoms with Gasteiger partial charge in [-0.1, -0.05) is 12.5 Å². The van der Waals surface area contributed by atoms with Gasteiger partial charge >= 0.3 is 0 Å². The Balaban J connectivity index is 1.40. The Hall–Kier alpha value is -1.79. The van der Waals surface area contributed by atoms with E-state index in [1.54, 1.807) is 0 Å². The van der Waals surface area contributed by atoms with Crippen molar-refractivity contribution in [2.24, 2.45) is 7.05 Å². The van der Waals surface area contributed by atoms with Crippen molar-refractivity contribution in [3.63, 3.8) is 0 Å². The first-order chi connectivity index (χ1) is 12.8. The van der Waals surface area contributed by atoms with Gasteiger partial charge in [-0.05, 0) is 57.5 Å². The van der Waals surface area contributed by atoms with Gasteiger partial charge in [0.1, 0.15) is 11.6 Å². The lowest BCUT2D eigenvalue weighted by molar-refractivity contribution is 0.192. The summed E-state index contributed by atoms with van der Waals surface area (Å²) in [7, 11) is 2.15. The normalized spacial score (nSPS) is 22.6. The third kappa shape index (κ3) is 4.13. The topological polar surface area (TPSA) is 50.1 Å². The molecule has 0 aliphatic carbocycles. The van der Waals surface area contributed by atoms with Gasteiger partial charge < -0.3 is 4.57 Å². The molecule has 2 fully saturated rings. The Bertz CT molecular complexity index is 692. The van der Waals surface area contributed by atoms with Crippen LogP contribution in [0.1, 0.15) is 55.4 Å². The van der Waals surface area contributed by atoms with Gasteiger partial charge in [0.25, 0.3) is 0 Å². The molecule has 0 unspecified atom stereocenters. The highest BCUT2D eigenvalue weighted by Gasteiger charge is 2.26. The summed E-state index contributed by atoms with van der Waals surface area (Å²) in [5.41, 5.74) is 1.15. The number of likely N-dealkylation sites (tertiary alicyclic amines) is 2. The number of pyridine rings is 1. The van der Waals surface area contributed by atoms with E-state index in [2.05, 4.69) is 48.7 Å². The summed E-state index contributed by atoms with van der Waals surface area (Å²) in [6.45, 7) is 6.45. The molecule has 2 aromatic rings. The van der Waals surface area contributed by atoms with Crippen LogP contribution in [0.4, 0.5) is 0 Å². The Morgan fingerprint density at radius 2 is 1.81 bits per heavy atom. The number of hydrogen-bond donors (Lipinski definition) is 0. The molecule has 0 bridgehead atoms. The van der Waals surface area contributed by atoms with Crippen LogP contribution >= 0.6 is 0 Å². The van der Waals surface area contributed by atoms with E-state index in [0.717, 1.165) is 43.5 Å². The lowest BCUT2D eigenvalue weighted by Gasteiger charge is -2.32. The van der Waals surface area contributed by atoms with Gasteiger partial charge in [0, 0.05) is 32.3 Å². The van der Waals surface area contributed by atoms with Gasteiger partial charge in [-0.3, -0.25) is 14.8 Å². The monoisotopic (exact) mass is 354 g/mol. The smallest absolute Gasteiger partial charge is 0.146 e. The second-order valence-electron chi connectivity index (χ2n) is 7.77. The molecule has 6 heteroatoms. The molecular formula is C20H30N6. The van der Waals surface area contributed by atoms with Crippen LogP contribution in [0.2, 0.25) is 0 Å². The van der Waals surface area contributed by atoms with Crippen LogP contribution in [-0.4, -0.2) is 55.7 Å². The fourth-order valence-electron chi connectivity index (χ4n) is 4.32. The standard InChI is InChI=1S/C20H30N6/c1-24-19(16-25-11-5-2-6-12-25)22-23-20(24)17-8-7-13-26(14-17)15-18-9-3-4-10-21-18/h3-4,9-10,17H,2,5-8,11-16H2,1H3/t17-/m0/s1. The molecule has 0 N–H and O–H groups in total. The number of nitrogens with zero attached hydrogens (tertiary/aromatic N) is 6. The molecule has 140 valence electrons. The van der Waals surface area contributed by atoms with Gasteiger partial charge in [0.15, 0.2) is 0 Å². The summed E-state index contributed by atoms with van der Waals surface area (Å²) in [6.07, 6.45) is 8.30. The Morgan fingerprint density at radius 1 is 0.962 bits per heavy atom. The largest absolute Gasteiger partial charge is 0.317 e. The quantitative estimate of drug-likeness (QED) is 0.826. The van der Waals surface area contributed by atoms with Crippen molar-refractivity contribution in [3.05, 3.63) is 41.7 Å². The second kappa shape index (κ2) is 8.27. The van der Waals surface area contributed by atoms with E-state index in [9.17, 15) is 0 Å². The third-order valence-corrected chi connectivity index (χ3v) is 5.79. The van der Waals surface area contributed by atoms with Crippen molar-refractivity contribution in [1.29, 1.82) is 0 Å². The summed E-state index contributed by atoms with van der Waals surface area (Å²) in [4.78, 5) is 9.51. The Morgan fingerprint density at radius 3 is 2.62 bits per heavy atom. The average molecular weight is 355 g/mol. The van der Waals surface area contributed by atoms with Crippen LogP contribution in [0.15, 0.2) is 24.4 Å². The number of piperidine rings is 2. The first-order valence-electron chi connectivity index (χ1n) is 10.0. The van der Waals surface area contributed by atoms with Gasteiger partial charge in [0.2, 0.25) is 0 Å². The number of rotatable bonds is 5. The maximum absolute atomic E-state index is 4.59. The molecule has 0 saturated carbocycles. The molecule has 0 spiro atoms. The van der Waals surface area contributed by atoms with Gasteiger partial charge in [0.05, 0.1) is 12.2 Å². The summed E-state index contributed by atoms with van der Waals surface area (Å²) >= 11 is 0. The molecule has 1 atom stereocenters. The fraction of sp³-hybridized carbons (Fsp3) is 0.650. The summed E-state index contributed by atoms with van der Waals surface area (Å²) in [6, 6.07) is 6.16. The van der Waals surface area contributed by atoms with E-state index in [1.165, 1.54) is 45.2 Å². The van der Waals surface area contributed by atoms with Crippen LogP contribution in [0.3, 0.4) is 0 Å². The molecule has 26 heavy (non-hydrogen) atoms. The van der Waals surface area contributed by atoms with E-state index < -0.39 is 0 Å². The minimum atomic E-state index is 0.472.